The van der Waals surface area contributed by atoms with E-state index in [2.05, 4.69) is 30.7 Å². The third-order valence-corrected chi connectivity index (χ3v) is 2.62. The number of amidine groups is 1. The molecule has 1 aromatic carbocycles. The maximum atomic E-state index is 11.3. The number of esters is 1. The van der Waals surface area contributed by atoms with Crippen molar-refractivity contribution in [3.8, 4) is 0 Å². The van der Waals surface area contributed by atoms with Gasteiger partial charge in [0.2, 0.25) is 0 Å². The zero-order chi connectivity index (χ0) is 14.3. The van der Waals surface area contributed by atoms with E-state index in [0.29, 0.717) is 5.56 Å². The Labute approximate surface area is 118 Å². The van der Waals surface area contributed by atoms with Crippen molar-refractivity contribution in [2.24, 2.45) is 10.9 Å². The lowest BCUT2D eigenvalue weighted by Crippen LogP contribution is -2.15. The number of hydrogen-bond acceptors (Lipinski definition) is 5. The lowest BCUT2D eigenvalue weighted by atomic mass is 10.2. The average molecular weight is 329 g/mol. The smallest absolute Gasteiger partial charge is 0.335 e. The number of nitrogens with zero attached hydrogens (tertiary/aromatic N) is 1. The van der Waals surface area contributed by atoms with Gasteiger partial charge >= 0.3 is 11.9 Å². The van der Waals surface area contributed by atoms with Crippen molar-refractivity contribution in [1.82, 2.24) is 0 Å². The molecule has 0 amide bonds. The Hall–Kier alpha value is -1.89. The first-order valence-electron chi connectivity index (χ1n) is 5.39. The minimum absolute atomic E-state index is 0.0539. The second kappa shape index (κ2) is 7.52. The minimum atomic E-state index is -0.650. The molecule has 6 nitrogen and oxygen atoms in total. The number of methoxy groups -OCH3 is 1. The first-order valence-corrected chi connectivity index (χ1v) is 6.18. The van der Waals surface area contributed by atoms with Gasteiger partial charge in [-0.1, -0.05) is 33.2 Å². The number of carbonyl (C=O) groups is 2. The van der Waals surface area contributed by atoms with Crippen LogP contribution < -0.4 is 5.73 Å². The van der Waals surface area contributed by atoms with Crippen LogP contribution in [0.25, 0.3) is 0 Å². The highest BCUT2D eigenvalue weighted by Gasteiger charge is 2.08. The standard InChI is InChI=1S/C12H13BrN2O4/c1-18-10(16)5-6-11(17)19-15-12(14)8-3-2-4-9(13)7-8/h2-4,7H,5-6H2,1H3,(H2,14,15). The van der Waals surface area contributed by atoms with Gasteiger partial charge < -0.3 is 15.3 Å². The number of benzene rings is 1. The molecule has 1 aromatic rings. The molecule has 0 unspecified atom stereocenters. The van der Waals surface area contributed by atoms with Crippen LogP contribution >= 0.6 is 15.9 Å². The Morgan fingerprint density at radius 2 is 2.00 bits per heavy atom. The van der Waals surface area contributed by atoms with Crippen molar-refractivity contribution in [3.05, 3.63) is 34.3 Å². The van der Waals surface area contributed by atoms with Crippen LogP contribution in [-0.4, -0.2) is 24.9 Å². The third-order valence-electron chi connectivity index (χ3n) is 2.13. The fourth-order valence-corrected chi connectivity index (χ4v) is 1.55. The third kappa shape index (κ3) is 5.52. The Kier molecular flexibility index (Phi) is 6.01. The van der Waals surface area contributed by atoms with Crippen LogP contribution in [0, 0.1) is 0 Å². The van der Waals surface area contributed by atoms with Gasteiger partial charge in [0.1, 0.15) is 0 Å². The van der Waals surface area contributed by atoms with Crippen molar-refractivity contribution in [2.45, 2.75) is 12.8 Å². The Morgan fingerprint density at radius 1 is 1.32 bits per heavy atom. The van der Waals surface area contributed by atoms with E-state index in [1.165, 1.54) is 7.11 Å². The summed E-state index contributed by atoms with van der Waals surface area (Å²) in [6, 6.07) is 7.08. The zero-order valence-corrected chi connectivity index (χ0v) is 11.8. The van der Waals surface area contributed by atoms with E-state index in [1.54, 1.807) is 18.2 Å². The number of nitrogens with two attached hydrogens (primary N) is 1. The monoisotopic (exact) mass is 328 g/mol. The van der Waals surface area contributed by atoms with Gasteiger partial charge in [0.25, 0.3) is 0 Å². The van der Waals surface area contributed by atoms with Gasteiger partial charge in [0.15, 0.2) is 5.84 Å². The fraction of sp³-hybridized carbons (Fsp3) is 0.250. The Bertz CT molecular complexity index is 502. The molecule has 0 radical (unpaired) electrons. The van der Waals surface area contributed by atoms with E-state index < -0.39 is 11.9 Å². The predicted octanol–water partition coefficient (Wildman–Crippen LogP) is 1.57. The molecule has 7 heteroatoms. The normalized spacial score (nSPS) is 10.9. The Morgan fingerprint density at radius 3 is 2.63 bits per heavy atom. The molecule has 0 saturated carbocycles. The van der Waals surface area contributed by atoms with Crippen LogP contribution in [0.2, 0.25) is 0 Å². The molecule has 0 saturated heterocycles. The number of hydrogen-bond donors (Lipinski definition) is 1. The van der Waals surface area contributed by atoms with Crippen molar-refractivity contribution < 1.29 is 19.2 Å². The SMILES string of the molecule is COC(=O)CCC(=O)O/N=C(\N)c1cccc(Br)c1. The van der Waals surface area contributed by atoms with E-state index in [9.17, 15) is 9.59 Å². The summed E-state index contributed by atoms with van der Waals surface area (Å²) in [7, 11) is 1.25. The molecule has 2 N–H and O–H groups in total. The van der Waals surface area contributed by atoms with Crippen LogP contribution in [0.5, 0.6) is 0 Å². The zero-order valence-electron chi connectivity index (χ0n) is 10.3. The number of ether oxygens (including phenoxy) is 1. The quantitative estimate of drug-likeness (QED) is 0.291. The topological polar surface area (TPSA) is 91.0 Å². The highest BCUT2D eigenvalue weighted by molar-refractivity contribution is 9.10. The summed E-state index contributed by atoms with van der Waals surface area (Å²) in [5.41, 5.74) is 6.28. The van der Waals surface area contributed by atoms with E-state index in [-0.39, 0.29) is 18.7 Å². The number of oxime groups is 1. The summed E-state index contributed by atoms with van der Waals surface area (Å²) in [5, 5.41) is 3.51. The van der Waals surface area contributed by atoms with Crippen LogP contribution in [0.4, 0.5) is 0 Å². The largest absolute Gasteiger partial charge is 0.469 e. The van der Waals surface area contributed by atoms with E-state index >= 15 is 0 Å². The maximum absolute atomic E-state index is 11.3. The molecule has 0 aliphatic rings. The van der Waals surface area contributed by atoms with Crippen LogP contribution in [0.3, 0.4) is 0 Å². The lowest BCUT2D eigenvalue weighted by molar-refractivity contribution is -0.148. The van der Waals surface area contributed by atoms with Gasteiger partial charge in [-0.05, 0) is 12.1 Å². The first kappa shape index (κ1) is 15.2. The molecule has 0 aliphatic heterocycles. The molecular formula is C12H13BrN2O4. The van der Waals surface area contributed by atoms with Gasteiger partial charge in [-0.2, -0.15) is 0 Å². The molecule has 102 valence electrons. The fourth-order valence-electron chi connectivity index (χ4n) is 1.15. The molecule has 0 atom stereocenters. The molecule has 0 bridgehead atoms. The number of halogens is 1. The first-order chi connectivity index (χ1) is 9.02. The summed E-state index contributed by atoms with van der Waals surface area (Å²) in [5.74, 6) is -1.06. The van der Waals surface area contributed by atoms with E-state index in [0.717, 1.165) is 4.47 Å². The average Bonchev–Trinajstić information content (AvgIpc) is 2.41. The molecule has 1 rings (SSSR count). The minimum Gasteiger partial charge on any atom is -0.469 e. The van der Waals surface area contributed by atoms with Crippen molar-refractivity contribution in [1.29, 1.82) is 0 Å². The summed E-state index contributed by atoms with van der Waals surface area (Å²) in [6.07, 6.45) is -0.163. The predicted molar refractivity (Wildman–Crippen MR) is 72.2 cm³/mol. The van der Waals surface area contributed by atoms with Gasteiger partial charge in [0.05, 0.1) is 20.0 Å². The second-order valence-corrected chi connectivity index (χ2v) is 4.44. The van der Waals surface area contributed by atoms with E-state index in [1.807, 2.05) is 6.07 Å². The summed E-state index contributed by atoms with van der Waals surface area (Å²) in [4.78, 5) is 26.7. The van der Waals surface area contributed by atoms with Gasteiger partial charge in [-0.3, -0.25) is 4.79 Å². The van der Waals surface area contributed by atoms with Crippen molar-refractivity contribution in [2.75, 3.05) is 7.11 Å². The molecule has 0 aromatic heterocycles. The van der Waals surface area contributed by atoms with Crippen molar-refractivity contribution >= 4 is 33.7 Å². The van der Waals surface area contributed by atoms with Gasteiger partial charge in [0, 0.05) is 10.0 Å². The summed E-state index contributed by atoms with van der Waals surface area (Å²) >= 11 is 3.29. The number of carbonyl (C=O) groups excluding carboxylic acids is 2. The van der Waals surface area contributed by atoms with Crippen LogP contribution in [0.1, 0.15) is 18.4 Å². The molecule has 0 fully saturated rings. The molecule has 0 aliphatic carbocycles. The van der Waals surface area contributed by atoms with Crippen LogP contribution in [0.15, 0.2) is 33.9 Å². The van der Waals surface area contributed by atoms with Gasteiger partial charge in [-0.25, -0.2) is 4.79 Å². The molecule has 19 heavy (non-hydrogen) atoms. The number of rotatable bonds is 5. The van der Waals surface area contributed by atoms with Gasteiger partial charge in [-0.15, -0.1) is 0 Å². The Balaban J connectivity index is 2.52. The van der Waals surface area contributed by atoms with Crippen LogP contribution in [-0.2, 0) is 19.2 Å². The van der Waals surface area contributed by atoms with E-state index in [4.69, 9.17) is 5.73 Å². The molecular weight excluding hydrogens is 316 g/mol. The summed E-state index contributed by atoms with van der Waals surface area (Å²) < 4.78 is 5.23. The van der Waals surface area contributed by atoms with Crippen molar-refractivity contribution in [3.63, 3.8) is 0 Å². The molecule has 0 heterocycles. The highest BCUT2D eigenvalue weighted by atomic mass is 79.9. The lowest BCUT2D eigenvalue weighted by Gasteiger charge is -2.01. The molecule has 0 spiro atoms. The highest BCUT2D eigenvalue weighted by Crippen LogP contribution is 2.11. The second-order valence-electron chi connectivity index (χ2n) is 3.53. The summed E-state index contributed by atoms with van der Waals surface area (Å²) in [6.45, 7) is 0. The maximum Gasteiger partial charge on any atom is 0.335 e.